The molecule has 0 atom stereocenters. The first-order valence-electron chi connectivity index (χ1n) is 6.28. The third-order valence-corrected chi connectivity index (χ3v) is 3.81. The van der Waals surface area contributed by atoms with Gasteiger partial charge in [0.2, 0.25) is 0 Å². The molecule has 0 aliphatic heterocycles. The van der Waals surface area contributed by atoms with Gasteiger partial charge in [0.15, 0.2) is 5.69 Å². The van der Waals surface area contributed by atoms with Crippen molar-refractivity contribution < 1.29 is 9.53 Å². The van der Waals surface area contributed by atoms with Crippen molar-refractivity contribution in [3.63, 3.8) is 0 Å². The fourth-order valence-electron chi connectivity index (χ4n) is 2.57. The Bertz CT molecular complexity index is 466. The molecule has 0 unspecified atom stereocenters. The molecule has 1 aliphatic rings. The van der Waals surface area contributed by atoms with Crippen LogP contribution in [-0.2, 0) is 14.9 Å². The number of benzene rings is 1. The minimum absolute atomic E-state index is 0.163. The minimum Gasteiger partial charge on any atom is -0.466 e. The van der Waals surface area contributed by atoms with Gasteiger partial charge in [0.05, 0.1) is 13.2 Å². The number of nitrogens with zero attached hydrogens (tertiary/aromatic N) is 1. The van der Waals surface area contributed by atoms with Crippen LogP contribution in [0.5, 0.6) is 0 Å². The lowest BCUT2D eigenvalue weighted by molar-refractivity contribution is -0.141. The Balaban J connectivity index is 2.06. The van der Waals surface area contributed by atoms with Crippen molar-refractivity contribution in [3.05, 3.63) is 41.2 Å². The Labute approximate surface area is 108 Å². The molecule has 1 aliphatic carbocycles. The summed E-state index contributed by atoms with van der Waals surface area (Å²) in [7, 11) is 0. The standard InChI is InChI=1S/C15H17NO2/c1-12(17)18-11-10-15(8-3-9-15)13-4-6-14(16-2)7-5-13/h4-7H,3,8-11H2,1H3. The topological polar surface area (TPSA) is 30.7 Å². The van der Waals surface area contributed by atoms with Crippen molar-refractivity contribution in [1.29, 1.82) is 0 Å². The molecule has 1 aromatic rings. The van der Waals surface area contributed by atoms with Crippen LogP contribution in [0.4, 0.5) is 5.69 Å². The molecule has 0 N–H and O–H groups in total. The van der Waals surface area contributed by atoms with Crippen molar-refractivity contribution in [2.24, 2.45) is 0 Å². The van der Waals surface area contributed by atoms with Crippen molar-refractivity contribution in [3.8, 4) is 0 Å². The van der Waals surface area contributed by atoms with Crippen LogP contribution in [0.15, 0.2) is 24.3 Å². The first-order valence-corrected chi connectivity index (χ1v) is 6.28. The third-order valence-electron chi connectivity index (χ3n) is 3.81. The molecule has 3 nitrogen and oxygen atoms in total. The molecular formula is C15H17NO2. The van der Waals surface area contributed by atoms with E-state index in [1.165, 1.54) is 18.9 Å². The molecule has 0 spiro atoms. The first kappa shape index (κ1) is 12.6. The van der Waals surface area contributed by atoms with Crippen LogP contribution >= 0.6 is 0 Å². The van der Waals surface area contributed by atoms with Gasteiger partial charge in [-0.3, -0.25) is 4.79 Å². The zero-order chi connectivity index (χ0) is 13.0. The number of hydrogen-bond acceptors (Lipinski definition) is 2. The van der Waals surface area contributed by atoms with E-state index in [1.54, 1.807) is 0 Å². The van der Waals surface area contributed by atoms with E-state index in [0.717, 1.165) is 19.3 Å². The van der Waals surface area contributed by atoms with Gasteiger partial charge in [0.1, 0.15) is 0 Å². The van der Waals surface area contributed by atoms with Gasteiger partial charge < -0.3 is 4.74 Å². The van der Waals surface area contributed by atoms with E-state index in [4.69, 9.17) is 11.3 Å². The molecule has 94 valence electrons. The highest BCUT2D eigenvalue weighted by molar-refractivity contribution is 5.65. The molecule has 0 radical (unpaired) electrons. The SMILES string of the molecule is [C-]#[N+]c1ccc(C2(CCOC(C)=O)CCC2)cc1. The van der Waals surface area contributed by atoms with Gasteiger partial charge in [-0.25, -0.2) is 4.85 Å². The summed E-state index contributed by atoms with van der Waals surface area (Å²) < 4.78 is 5.05. The third kappa shape index (κ3) is 2.53. The van der Waals surface area contributed by atoms with E-state index < -0.39 is 0 Å². The molecule has 18 heavy (non-hydrogen) atoms. The Morgan fingerprint density at radius 1 is 1.39 bits per heavy atom. The number of hydrogen-bond donors (Lipinski definition) is 0. The van der Waals surface area contributed by atoms with Gasteiger partial charge in [-0.15, -0.1) is 0 Å². The zero-order valence-electron chi connectivity index (χ0n) is 10.6. The maximum atomic E-state index is 10.8. The molecule has 0 amide bonds. The van der Waals surface area contributed by atoms with Crippen molar-refractivity contribution in [2.75, 3.05) is 6.61 Å². The zero-order valence-corrected chi connectivity index (χ0v) is 10.6. The lowest BCUT2D eigenvalue weighted by atomic mass is 9.63. The van der Waals surface area contributed by atoms with Gasteiger partial charge in [-0.2, -0.15) is 0 Å². The lowest BCUT2D eigenvalue weighted by Crippen LogP contribution is -2.35. The number of carbonyl (C=O) groups excluding carboxylic acids is 1. The first-order chi connectivity index (χ1) is 8.66. The Kier molecular flexibility index (Phi) is 3.66. The molecule has 0 heterocycles. The second kappa shape index (κ2) is 5.22. The van der Waals surface area contributed by atoms with E-state index in [2.05, 4.69) is 4.85 Å². The van der Waals surface area contributed by atoms with Crippen LogP contribution < -0.4 is 0 Å². The number of esters is 1. The van der Waals surface area contributed by atoms with Gasteiger partial charge in [0, 0.05) is 6.92 Å². The summed E-state index contributed by atoms with van der Waals surface area (Å²) in [4.78, 5) is 14.2. The average Bonchev–Trinajstić information content (AvgIpc) is 2.32. The number of rotatable bonds is 4. The predicted molar refractivity (Wildman–Crippen MR) is 69.5 cm³/mol. The van der Waals surface area contributed by atoms with Crippen molar-refractivity contribution in [1.82, 2.24) is 0 Å². The maximum Gasteiger partial charge on any atom is 0.302 e. The molecule has 1 fully saturated rings. The Morgan fingerprint density at radius 2 is 2.06 bits per heavy atom. The minimum atomic E-state index is -0.215. The highest BCUT2D eigenvalue weighted by atomic mass is 16.5. The quantitative estimate of drug-likeness (QED) is 0.597. The normalized spacial score (nSPS) is 16.4. The van der Waals surface area contributed by atoms with Crippen molar-refractivity contribution >= 4 is 11.7 Å². The predicted octanol–water partition coefficient (Wildman–Crippen LogP) is 3.61. The Hall–Kier alpha value is -1.82. The smallest absolute Gasteiger partial charge is 0.302 e. The molecule has 0 bridgehead atoms. The van der Waals surface area contributed by atoms with Gasteiger partial charge in [-0.05, 0) is 30.2 Å². The van der Waals surface area contributed by atoms with Crippen LogP contribution in [0.25, 0.3) is 4.85 Å². The number of carbonyl (C=O) groups is 1. The van der Waals surface area contributed by atoms with Crippen LogP contribution in [0.2, 0.25) is 0 Å². The number of ether oxygens (including phenoxy) is 1. The highest BCUT2D eigenvalue weighted by Crippen LogP contribution is 2.46. The molecule has 0 aromatic heterocycles. The van der Waals surface area contributed by atoms with E-state index in [9.17, 15) is 4.79 Å². The summed E-state index contributed by atoms with van der Waals surface area (Å²) in [6.07, 6.45) is 4.39. The highest BCUT2D eigenvalue weighted by Gasteiger charge is 2.38. The molecule has 2 rings (SSSR count). The summed E-state index contributed by atoms with van der Waals surface area (Å²) in [5, 5.41) is 0. The fraction of sp³-hybridized carbons (Fsp3) is 0.467. The van der Waals surface area contributed by atoms with Crippen LogP contribution in [0.1, 0.15) is 38.2 Å². The Morgan fingerprint density at radius 3 is 2.50 bits per heavy atom. The molecule has 3 heteroatoms. The maximum absolute atomic E-state index is 10.8. The summed E-state index contributed by atoms with van der Waals surface area (Å²) in [6, 6.07) is 7.82. The van der Waals surface area contributed by atoms with Crippen LogP contribution in [0.3, 0.4) is 0 Å². The second-order valence-electron chi connectivity index (χ2n) is 4.88. The van der Waals surface area contributed by atoms with E-state index >= 15 is 0 Å². The van der Waals surface area contributed by atoms with E-state index in [1.807, 2.05) is 24.3 Å². The molecular weight excluding hydrogens is 226 g/mol. The molecule has 0 saturated heterocycles. The van der Waals surface area contributed by atoms with Gasteiger partial charge in [0.25, 0.3) is 0 Å². The largest absolute Gasteiger partial charge is 0.466 e. The average molecular weight is 243 g/mol. The monoisotopic (exact) mass is 243 g/mol. The molecule has 1 saturated carbocycles. The summed E-state index contributed by atoms with van der Waals surface area (Å²) in [5.74, 6) is -0.215. The van der Waals surface area contributed by atoms with Gasteiger partial charge >= 0.3 is 5.97 Å². The van der Waals surface area contributed by atoms with Crippen molar-refractivity contribution in [2.45, 2.75) is 38.0 Å². The van der Waals surface area contributed by atoms with E-state index in [0.29, 0.717) is 12.3 Å². The molecule has 1 aromatic carbocycles. The van der Waals surface area contributed by atoms with Crippen LogP contribution in [-0.4, -0.2) is 12.6 Å². The second-order valence-corrected chi connectivity index (χ2v) is 4.88. The van der Waals surface area contributed by atoms with Crippen LogP contribution in [0, 0.1) is 6.57 Å². The summed E-state index contributed by atoms with van der Waals surface area (Å²) in [6.45, 7) is 8.88. The van der Waals surface area contributed by atoms with Gasteiger partial charge in [-0.1, -0.05) is 30.7 Å². The summed E-state index contributed by atoms with van der Waals surface area (Å²) in [5.41, 5.74) is 2.11. The lowest BCUT2D eigenvalue weighted by Gasteiger charge is -2.42. The summed E-state index contributed by atoms with van der Waals surface area (Å²) >= 11 is 0. The fourth-order valence-corrected chi connectivity index (χ4v) is 2.57. The van der Waals surface area contributed by atoms with E-state index in [-0.39, 0.29) is 11.4 Å².